The van der Waals surface area contributed by atoms with Crippen molar-refractivity contribution < 1.29 is 4.58 Å². The fourth-order valence-electron chi connectivity index (χ4n) is 1.44. The summed E-state index contributed by atoms with van der Waals surface area (Å²) in [5, 5.41) is 0. The van der Waals surface area contributed by atoms with E-state index in [4.69, 9.17) is 53.0 Å². The molecule has 0 N–H and O–H groups in total. The first-order valence-corrected chi connectivity index (χ1v) is 29.6. The summed E-state index contributed by atoms with van der Waals surface area (Å²) in [7, 11) is 24.2. The van der Waals surface area contributed by atoms with Crippen LogP contribution in [-0.4, -0.2) is 41.1 Å². The van der Waals surface area contributed by atoms with E-state index < -0.39 is 17.2 Å². The Kier molecular flexibility index (Phi) is 10.5. The molecule has 0 aliphatic heterocycles. The van der Waals surface area contributed by atoms with Crippen LogP contribution in [0.5, 0.6) is 0 Å². The molecule has 1 nitrogen and oxygen atoms in total. The fourth-order valence-corrected chi connectivity index (χ4v) is 2.75. The van der Waals surface area contributed by atoms with Gasteiger partial charge in [-0.25, -0.2) is 4.58 Å². The number of halogens is 6. The molecule has 0 aromatic heterocycles. The van der Waals surface area contributed by atoms with Gasteiger partial charge in [0.05, 0.1) is 0 Å². The third-order valence-corrected chi connectivity index (χ3v) is 4.25. The summed E-state index contributed by atoms with van der Waals surface area (Å²) in [6.07, 6.45) is 4.98. The summed E-state index contributed by atoms with van der Waals surface area (Å²) in [6.45, 7) is 14.1. The van der Waals surface area contributed by atoms with Gasteiger partial charge in [0, 0.05) is 21.4 Å². The fraction of sp³-hybridized carbons (Fsp3) is 0.909. The Bertz CT molecular complexity index is 305. The molecule has 0 aliphatic rings. The van der Waals surface area contributed by atoms with Gasteiger partial charge in [-0.15, -0.1) is 0 Å². The molecule has 0 aromatic carbocycles. The predicted octanol–water partition coefficient (Wildman–Crippen LogP) is 6.98. The van der Waals surface area contributed by atoms with Gasteiger partial charge in [0.15, 0.2) is 0 Å². The second kappa shape index (κ2) is 8.52. The minimum absolute atomic E-state index is 0.778. The number of rotatable bonds is 6. The summed E-state index contributed by atoms with van der Waals surface area (Å²) in [5.74, 6) is 0. The van der Waals surface area contributed by atoms with Gasteiger partial charge in [0.2, 0.25) is 0 Å². The van der Waals surface area contributed by atoms with Gasteiger partial charge >= 0.3 is 62.1 Å². The molecule has 0 spiro atoms. The number of hydrogen-bond donors (Lipinski definition) is 0. The van der Waals surface area contributed by atoms with Crippen molar-refractivity contribution in [2.45, 2.75) is 52.4 Å². The molecule has 0 bridgehead atoms. The van der Waals surface area contributed by atoms with Gasteiger partial charge in [0.1, 0.15) is 19.3 Å². The summed E-state index contributed by atoms with van der Waals surface area (Å²) >= 11 is 0. The zero-order valence-corrected chi connectivity index (χ0v) is 20.9. The first-order chi connectivity index (χ1) is 8.44. The molecule has 126 valence electrons. The van der Waals surface area contributed by atoms with Crippen molar-refractivity contribution in [1.82, 2.24) is 0 Å². The van der Waals surface area contributed by atoms with Crippen LogP contribution in [-0.2, 0) is 0 Å². The van der Waals surface area contributed by atoms with Crippen molar-refractivity contribution in [2.75, 3.05) is 13.1 Å². The van der Waals surface area contributed by atoms with Crippen molar-refractivity contribution in [3.05, 3.63) is 0 Å². The van der Waals surface area contributed by atoms with Gasteiger partial charge in [-0.05, 0) is 13.3 Å². The van der Waals surface area contributed by atoms with Crippen molar-refractivity contribution in [1.29, 1.82) is 0 Å². The van der Waals surface area contributed by atoms with E-state index >= 15 is 0 Å². The second-order valence-corrected chi connectivity index (χ2v) is 68.4. The normalized spacial score (nSPS) is 16.9. The van der Waals surface area contributed by atoms with Crippen molar-refractivity contribution >= 4 is 76.4 Å². The van der Waals surface area contributed by atoms with Crippen LogP contribution in [0, 0.1) is 0 Å². The topological polar surface area (TPSA) is 3.01 Å². The summed E-state index contributed by atoms with van der Waals surface area (Å²) in [5.41, 5.74) is 0. The molecule has 0 aromatic rings. The first-order valence-electron chi connectivity index (χ1n) is 6.54. The van der Waals surface area contributed by atoms with Gasteiger partial charge in [-0.2, -0.15) is 0 Å². The van der Waals surface area contributed by atoms with Crippen LogP contribution >= 0.6 is 53.0 Å². The summed E-state index contributed by atoms with van der Waals surface area (Å²) in [6, 6.07) is 1.48. The van der Waals surface area contributed by atoms with Crippen molar-refractivity contribution in [2.24, 2.45) is 0 Å². The Balaban J connectivity index is 0. The van der Waals surface area contributed by atoms with Crippen LogP contribution < -0.4 is 0 Å². The maximum absolute atomic E-state index is 5.42. The van der Waals surface area contributed by atoms with Crippen LogP contribution in [0.15, 0.2) is 0 Å². The molecule has 0 rings (SSSR count). The Morgan fingerprint density at radius 1 is 0.950 bits per heavy atom. The van der Waals surface area contributed by atoms with Crippen molar-refractivity contribution in [3.63, 3.8) is 0 Å². The van der Waals surface area contributed by atoms with Crippen LogP contribution in [0.25, 0.3) is 0 Å². The molecule has 0 saturated heterocycles. The average Bonchev–Trinajstić information content (AvgIpc) is 2.11. The Hall–Kier alpha value is 2.45. The molecule has 9 heteroatoms. The van der Waals surface area contributed by atoms with E-state index in [0.717, 1.165) is 6.54 Å². The summed E-state index contributed by atoms with van der Waals surface area (Å²) < 4.78 is 2.39. The number of nitrogens with zero attached hydrogens (tertiary/aromatic N) is 1. The van der Waals surface area contributed by atoms with Gasteiger partial charge in [-0.3, -0.25) is 0 Å². The molecule has 0 atom stereocenters. The Morgan fingerprint density at radius 3 is 1.60 bits per heavy atom. The summed E-state index contributed by atoms with van der Waals surface area (Å²) in [4.78, 5) is 0. The zero-order valence-electron chi connectivity index (χ0n) is 12.8. The number of unbranched alkanes of at least 4 members (excludes halogenated alkanes) is 1. The molecular formula is C11H26Cl6NSbSi. The predicted molar refractivity (Wildman–Crippen MR) is 106 cm³/mol. The van der Waals surface area contributed by atoms with E-state index in [9.17, 15) is 0 Å². The van der Waals surface area contributed by atoms with E-state index in [2.05, 4.69) is 44.3 Å². The molecule has 0 aliphatic carbocycles. The first kappa shape index (κ1) is 24.7. The number of hydrogen-bond acceptors (Lipinski definition) is 0. The van der Waals surface area contributed by atoms with Crippen LogP contribution in [0.1, 0.15) is 26.7 Å². The van der Waals surface area contributed by atoms with Crippen LogP contribution in [0.3, 0.4) is 0 Å². The van der Waals surface area contributed by atoms with Gasteiger partial charge < -0.3 is 0 Å². The Morgan fingerprint density at radius 2 is 1.35 bits per heavy atom. The second-order valence-electron chi connectivity index (χ2n) is 5.86. The molecule has 0 heterocycles. The van der Waals surface area contributed by atoms with E-state index in [0.29, 0.717) is 0 Å². The molecule has 20 heavy (non-hydrogen) atoms. The van der Waals surface area contributed by atoms with Crippen LogP contribution in [0.2, 0.25) is 25.7 Å². The monoisotopic (exact) mass is 531 g/mol. The van der Waals surface area contributed by atoms with Gasteiger partial charge in [0.25, 0.3) is 0 Å². The Labute approximate surface area is 145 Å². The molecular weight excluding hydrogens is 509 g/mol. The zero-order chi connectivity index (χ0) is 16.7. The maximum atomic E-state index is 5.06. The van der Waals surface area contributed by atoms with E-state index in [-0.39, 0.29) is 0 Å². The SMILES string of the molecule is CC=[N+](CC)CCCC[Si](C)(C)C.[Cl][Sb-]([Cl])([Cl])([Cl])([Cl])[Cl]. The molecule has 0 amide bonds. The third-order valence-electron chi connectivity index (χ3n) is 2.39. The van der Waals surface area contributed by atoms with Crippen LogP contribution in [0.4, 0.5) is 0 Å². The van der Waals surface area contributed by atoms with E-state index in [1.54, 1.807) is 0 Å². The molecule has 0 unspecified atom stereocenters. The standard InChI is InChI=1S/C11H26NSi.6ClH.Sb/c1-6-12(7-2)10-8-9-11-13(3,4)5;;;;;;;/h6H,7-11H2,1-5H3;6*1H;/q+1;;;;;;;+5/p-6. The minimum atomic E-state index is -5.42. The quantitative estimate of drug-likeness (QED) is 0.150. The molecule has 0 saturated carbocycles. The molecule has 0 radical (unpaired) electrons. The molecule has 0 fully saturated rings. The van der Waals surface area contributed by atoms with E-state index in [1.165, 1.54) is 25.4 Å². The van der Waals surface area contributed by atoms with Crippen molar-refractivity contribution in [3.8, 4) is 0 Å². The average molecular weight is 535 g/mol. The van der Waals surface area contributed by atoms with Gasteiger partial charge in [-0.1, -0.05) is 25.7 Å². The third kappa shape index (κ3) is 37.0. The van der Waals surface area contributed by atoms with E-state index in [1.807, 2.05) is 0 Å².